The summed E-state index contributed by atoms with van der Waals surface area (Å²) >= 11 is 7.76. The van der Waals surface area contributed by atoms with Crippen LogP contribution in [0.2, 0.25) is 5.02 Å². The lowest BCUT2D eigenvalue weighted by Crippen LogP contribution is -2.42. The summed E-state index contributed by atoms with van der Waals surface area (Å²) in [6.07, 6.45) is 3.63. The molecular formula is C13H16ClN3O2S2. The molecule has 0 amide bonds. The Kier molecular flexibility index (Phi) is 4.09. The second-order valence-corrected chi connectivity index (χ2v) is 8.88. The third-order valence-electron chi connectivity index (χ3n) is 3.69. The maximum atomic E-state index is 12.0. The molecule has 0 radical (unpaired) electrons. The Morgan fingerprint density at radius 3 is 2.95 bits per heavy atom. The predicted octanol–water partition coefficient (Wildman–Crippen LogP) is 2.11. The van der Waals surface area contributed by atoms with Gasteiger partial charge in [0.2, 0.25) is 0 Å². The second-order valence-electron chi connectivity index (χ2n) is 5.24. The van der Waals surface area contributed by atoms with Crippen LogP contribution in [-0.2, 0) is 23.4 Å². The van der Waals surface area contributed by atoms with E-state index in [0.29, 0.717) is 13.1 Å². The normalized spacial score (nSPS) is 22.5. The van der Waals surface area contributed by atoms with Gasteiger partial charge in [-0.25, -0.2) is 8.42 Å². The van der Waals surface area contributed by atoms with E-state index in [1.807, 2.05) is 24.7 Å². The first kappa shape index (κ1) is 15.0. The van der Waals surface area contributed by atoms with Gasteiger partial charge in [-0.15, -0.1) is 11.3 Å². The zero-order chi connectivity index (χ0) is 15.0. The molecule has 5 nitrogen and oxygen atoms in total. The molecule has 1 fully saturated rings. The van der Waals surface area contributed by atoms with Crippen molar-refractivity contribution in [1.29, 1.82) is 0 Å². The number of halogens is 1. The van der Waals surface area contributed by atoms with Crippen LogP contribution < -0.4 is 0 Å². The first-order chi connectivity index (χ1) is 9.94. The highest BCUT2D eigenvalue weighted by Gasteiger charge is 2.33. The zero-order valence-electron chi connectivity index (χ0n) is 11.6. The molecule has 1 atom stereocenters. The van der Waals surface area contributed by atoms with Gasteiger partial charge >= 0.3 is 0 Å². The molecular weight excluding hydrogens is 330 g/mol. The molecule has 0 unspecified atom stereocenters. The Hall–Kier alpha value is -0.890. The Morgan fingerprint density at radius 1 is 1.52 bits per heavy atom. The smallest absolute Gasteiger partial charge is 0.153 e. The molecule has 114 valence electrons. The van der Waals surface area contributed by atoms with Crippen molar-refractivity contribution in [1.82, 2.24) is 14.7 Å². The zero-order valence-corrected chi connectivity index (χ0v) is 14.0. The largest absolute Gasteiger partial charge is 0.289 e. The number of nitrogens with zero attached hydrogens (tertiary/aromatic N) is 3. The lowest BCUT2D eigenvalue weighted by molar-refractivity contribution is 0.208. The summed E-state index contributed by atoms with van der Waals surface area (Å²) in [5.41, 5.74) is 0.938. The van der Waals surface area contributed by atoms with Crippen LogP contribution in [-0.4, -0.2) is 41.1 Å². The lowest BCUT2D eigenvalue weighted by Gasteiger charge is -2.34. The Morgan fingerprint density at radius 2 is 2.33 bits per heavy atom. The monoisotopic (exact) mass is 345 g/mol. The molecule has 1 aliphatic heterocycles. The van der Waals surface area contributed by atoms with Gasteiger partial charge in [0.05, 0.1) is 28.8 Å². The van der Waals surface area contributed by atoms with Crippen LogP contribution >= 0.6 is 22.9 Å². The predicted molar refractivity (Wildman–Crippen MR) is 84.3 cm³/mol. The summed E-state index contributed by atoms with van der Waals surface area (Å²) in [6, 6.07) is 1.72. The van der Waals surface area contributed by atoms with Crippen molar-refractivity contribution in [3.63, 3.8) is 0 Å². The summed E-state index contributed by atoms with van der Waals surface area (Å²) in [4.78, 5) is 3.25. The van der Waals surface area contributed by atoms with Crippen LogP contribution in [0.4, 0.5) is 0 Å². The second kappa shape index (κ2) is 5.72. The molecule has 8 heteroatoms. The van der Waals surface area contributed by atoms with Gasteiger partial charge in [-0.2, -0.15) is 5.10 Å². The average molecular weight is 346 g/mol. The molecule has 3 heterocycles. The Bertz CT molecular complexity index is 738. The summed E-state index contributed by atoms with van der Waals surface area (Å²) in [5, 5.41) is 6.86. The Labute approximate surface area is 133 Å². The number of rotatable bonds is 3. The summed E-state index contributed by atoms with van der Waals surface area (Å²) in [6.45, 7) is 1.20. The molecule has 0 aromatic carbocycles. The van der Waals surface area contributed by atoms with E-state index in [2.05, 4.69) is 10.00 Å². The molecule has 1 aliphatic rings. The van der Waals surface area contributed by atoms with Gasteiger partial charge < -0.3 is 0 Å². The number of hydrogen-bond donors (Lipinski definition) is 0. The van der Waals surface area contributed by atoms with Crippen molar-refractivity contribution in [2.45, 2.75) is 12.6 Å². The lowest BCUT2D eigenvalue weighted by atomic mass is 10.1. The van der Waals surface area contributed by atoms with E-state index in [0.717, 1.165) is 15.5 Å². The standard InChI is InChI=1S/C13H16ClN3O2S2/c1-16-7-10(6-15-16)12-9-21(18,19)5-3-17(12)8-13-11(14)2-4-20-13/h2,4,6-7,12H,3,5,8-9H2,1H3/t12-/m1/s1. The van der Waals surface area contributed by atoms with Crippen LogP contribution in [0.15, 0.2) is 23.8 Å². The number of sulfone groups is 1. The van der Waals surface area contributed by atoms with E-state index < -0.39 is 9.84 Å². The molecule has 21 heavy (non-hydrogen) atoms. The molecule has 0 spiro atoms. The van der Waals surface area contributed by atoms with Crippen molar-refractivity contribution >= 4 is 32.8 Å². The molecule has 0 bridgehead atoms. The summed E-state index contributed by atoms with van der Waals surface area (Å²) in [5.74, 6) is 0.342. The minimum Gasteiger partial charge on any atom is -0.289 e. The molecule has 3 rings (SSSR count). The first-order valence-corrected chi connectivity index (χ1v) is 9.67. The number of thiophene rings is 1. The third kappa shape index (κ3) is 3.31. The van der Waals surface area contributed by atoms with Gasteiger partial charge in [0.15, 0.2) is 9.84 Å². The fourth-order valence-corrected chi connectivity index (χ4v) is 5.26. The number of hydrogen-bond acceptors (Lipinski definition) is 5. The molecule has 2 aromatic rings. The minimum atomic E-state index is -3.00. The molecule has 0 aliphatic carbocycles. The van der Waals surface area contributed by atoms with Crippen LogP contribution in [0, 0.1) is 0 Å². The van der Waals surface area contributed by atoms with Crippen LogP contribution in [0.1, 0.15) is 16.5 Å². The average Bonchev–Trinajstić information content (AvgIpc) is 3.01. The third-order valence-corrected chi connectivity index (χ3v) is 6.69. The quantitative estimate of drug-likeness (QED) is 0.855. The molecule has 1 saturated heterocycles. The van der Waals surface area contributed by atoms with Crippen LogP contribution in [0.5, 0.6) is 0 Å². The highest BCUT2D eigenvalue weighted by atomic mass is 35.5. The summed E-state index contributed by atoms with van der Waals surface area (Å²) in [7, 11) is -1.17. The molecule has 0 saturated carbocycles. The SMILES string of the molecule is Cn1cc([C@H]2CS(=O)(=O)CCN2Cc2sccc2Cl)cn1. The van der Waals surface area contributed by atoms with Crippen molar-refractivity contribution in [2.24, 2.45) is 7.05 Å². The van der Waals surface area contributed by atoms with Gasteiger partial charge in [0.1, 0.15) is 0 Å². The molecule has 0 N–H and O–H groups in total. The number of aryl methyl sites for hydroxylation is 1. The van der Waals surface area contributed by atoms with E-state index in [-0.39, 0.29) is 17.5 Å². The van der Waals surface area contributed by atoms with Crippen molar-refractivity contribution in [3.8, 4) is 0 Å². The van der Waals surface area contributed by atoms with Crippen molar-refractivity contribution in [3.05, 3.63) is 39.3 Å². The maximum absolute atomic E-state index is 12.0. The fraction of sp³-hybridized carbons (Fsp3) is 0.462. The van der Waals surface area contributed by atoms with E-state index in [9.17, 15) is 8.42 Å². The van der Waals surface area contributed by atoms with Crippen LogP contribution in [0.25, 0.3) is 0 Å². The highest BCUT2D eigenvalue weighted by Crippen LogP contribution is 2.31. The van der Waals surface area contributed by atoms with E-state index in [1.165, 1.54) is 0 Å². The maximum Gasteiger partial charge on any atom is 0.153 e. The van der Waals surface area contributed by atoms with Gasteiger partial charge in [-0.1, -0.05) is 11.6 Å². The fourth-order valence-electron chi connectivity index (χ4n) is 2.57. The van der Waals surface area contributed by atoms with Crippen molar-refractivity contribution < 1.29 is 8.42 Å². The van der Waals surface area contributed by atoms with Crippen LogP contribution in [0.3, 0.4) is 0 Å². The van der Waals surface area contributed by atoms with Crippen molar-refractivity contribution in [2.75, 3.05) is 18.1 Å². The minimum absolute atomic E-state index is 0.141. The van der Waals surface area contributed by atoms with E-state index >= 15 is 0 Å². The van der Waals surface area contributed by atoms with Gasteiger partial charge in [0, 0.05) is 36.8 Å². The van der Waals surface area contributed by atoms with E-state index in [1.54, 1.807) is 22.2 Å². The molecule has 2 aromatic heterocycles. The topological polar surface area (TPSA) is 55.2 Å². The Balaban J connectivity index is 1.88. The number of aromatic nitrogens is 2. The highest BCUT2D eigenvalue weighted by molar-refractivity contribution is 7.91. The van der Waals surface area contributed by atoms with E-state index in [4.69, 9.17) is 11.6 Å². The summed E-state index contributed by atoms with van der Waals surface area (Å²) < 4.78 is 25.7. The van der Waals surface area contributed by atoms with Gasteiger partial charge in [0.25, 0.3) is 0 Å². The van der Waals surface area contributed by atoms with Gasteiger partial charge in [-0.05, 0) is 11.4 Å². The van der Waals surface area contributed by atoms with Gasteiger partial charge in [-0.3, -0.25) is 9.58 Å². The first-order valence-electron chi connectivity index (χ1n) is 6.59.